The number of benzene rings is 1. The molecule has 1 aliphatic rings. The minimum absolute atomic E-state index is 0.117. The van der Waals surface area contributed by atoms with Gasteiger partial charge in [0.15, 0.2) is 0 Å². The molecule has 0 radical (unpaired) electrons. The highest BCUT2D eigenvalue weighted by Crippen LogP contribution is 2.30. The summed E-state index contributed by atoms with van der Waals surface area (Å²) in [6.07, 6.45) is 3.60. The van der Waals surface area contributed by atoms with Crippen LogP contribution in [0.3, 0.4) is 0 Å². The highest BCUT2D eigenvalue weighted by atomic mass is 32.2. The van der Waals surface area contributed by atoms with E-state index in [4.69, 9.17) is 5.73 Å². The van der Waals surface area contributed by atoms with Gasteiger partial charge in [-0.25, -0.2) is 0 Å². The third-order valence-corrected chi connectivity index (χ3v) is 5.77. The summed E-state index contributed by atoms with van der Waals surface area (Å²) < 4.78 is 0. The van der Waals surface area contributed by atoms with Crippen molar-refractivity contribution < 1.29 is 4.79 Å². The van der Waals surface area contributed by atoms with Gasteiger partial charge in [-0.3, -0.25) is 4.79 Å². The van der Waals surface area contributed by atoms with E-state index in [9.17, 15) is 4.79 Å². The van der Waals surface area contributed by atoms with Gasteiger partial charge in [0.2, 0.25) is 5.91 Å². The average Bonchev–Trinajstić information content (AvgIpc) is 2.45. The lowest BCUT2D eigenvalue weighted by molar-refractivity contribution is -0.119. The molecule has 4 heteroatoms. The van der Waals surface area contributed by atoms with Gasteiger partial charge in [-0.2, -0.15) is 0 Å². The fourth-order valence-electron chi connectivity index (χ4n) is 2.96. The number of nitrogens with two attached hydrogens (primary N) is 1. The molecule has 1 aromatic carbocycles. The smallest absolute Gasteiger partial charge is 0.230 e. The number of rotatable bonds is 4. The van der Waals surface area contributed by atoms with Crippen LogP contribution in [0.15, 0.2) is 23.1 Å². The minimum atomic E-state index is 0.117. The molecule has 1 fully saturated rings. The van der Waals surface area contributed by atoms with Crippen LogP contribution in [0.1, 0.15) is 38.7 Å². The van der Waals surface area contributed by atoms with Crippen LogP contribution < -0.4 is 11.1 Å². The number of thioether (sulfide) groups is 1. The number of anilines is 1. The molecule has 0 spiro atoms. The van der Waals surface area contributed by atoms with Crippen LogP contribution in [0.25, 0.3) is 0 Å². The summed E-state index contributed by atoms with van der Waals surface area (Å²) in [5, 5.41) is 3.20. The molecule has 3 atom stereocenters. The number of carbonyl (C=O) groups is 1. The van der Waals surface area contributed by atoms with Gasteiger partial charge in [-0.05, 0) is 36.8 Å². The monoisotopic (exact) mass is 306 g/mol. The molecule has 1 amide bonds. The normalized spacial score (nSPS) is 25.6. The molecule has 3 nitrogen and oxygen atoms in total. The van der Waals surface area contributed by atoms with Crippen LogP contribution in [0, 0.1) is 18.8 Å². The first-order valence-electron chi connectivity index (χ1n) is 7.76. The van der Waals surface area contributed by atoms with Crippen molar-refractivity contribution in [1.29, 1.82) is 0 Å². The lowest BCUT2D eigenvalue weighted by atomic mass is 9.78. The Hall–Kier alpha value is -1.16. The topological polar surface area (TPSA) is 55.1 Å². The molecule has 2 rings (SSSR count). The third-order valence-electron chi connectivity index (χ3n) is 4.70. The second kappa shape index (κ2) is 7.21. The van der Waals surface area contributed by atoms with Crippen molar-refractivity contribution in [1.82, 2.24) is 5.32 Å². The standard InChI is InChI=1S/C17H26N2OS/c1-11-6-4-8-14(13(11)3)19-16(20)10-21-15-9-5-7-12(2)17(15)18/h5,7,9,11,13-14H,4,6,8,10,18H2,1-3H3,(H,19,20). The molecule has 0 bridgehead atoms. The van der Waals surface area contributed by atoms with E-state index in [1.807, 2.05) is 25.1 Å². The van der Waals surface area contributed by atoms with E-state index in [1.54, 1.807) is 0 Å². The van der Waals surface area contributed by atoms with Crippen LogP contribution in [0.2, 0.25) is 0 Å². The molecule has 21 heavy (non-hydrogen) atoms. The lowest BCUT2D eigenvalue weighted by Crippen LogP contribution is -2.44. The predicted molar refractivity (Wildman–Crippen MR) is 90.4 cm³/mol. The maximum absolute atomic E-state index is 12.2. The number of nitrogen functional groups attached to an aromatic ring is 1. The molecule has 1 aromatic rings. The molecule has 0 aliphatic heterocycles. The highest BCUT2D eigenvalue weighted by Gasteiger charge is 2.27. The molecule has 1 saturated carbocycles. The van der Waals surface area contributed by atoms with E-state index in [2.05, 4.69) is 19.2 Å². The van der Waals surface area contributed by atoms with E-state index >= 15 is 0 Å². The van der Waals surface area contributed by atoms with Gasteiger partial charge in [0.1, 0.15) is 0 Å². The van der Waals surface area contributed by atoms with Crippen molar-refractivity contribution >= 4 is 23.4 Å². The Morgan fingerprint density at radius 2 is 2.14 bits per heavy atom. The second-order valence-corrected chi connectivity index (χ2v) is 7.23. The number of aryl methyl sites for hydroxylation is 1. The van der Waals surface area contributed by atoms with Gasteiger partial charge in [0.05, 0.1) is 5.75 Å². The Kier molecular flexibility index (Phi) is 5.57. The first kappa shape index (κ1) is 16.2. The number of hydrogen-bond acceptors (Lipinski definition) is 3. The average molecular weight is 306 g/mol. The van der Waals surface area contributed by atoms with Crippen LogP contribution in [-0.4, -0.2) is 17.7 Å². The fraction of sp³-hybridized carbons (Fsp3) is 0.588. The van der Waals surface area contributed by atoms with Gasteiger partial charge >= 0.3 is 0 Å². The summed E-state index contributed by atoms with van der Waals surface area (Å²) >= 11 is 1.52. The zero-order chi connectivity index (χ0) is 15.4. The minimum Gasteiger partial charge on any atom is -0.398 e. The van der Waals surface area contributed by atoms with Crippen molar-refractivity contribution in [3.05, 3.63) is 23.8 Å². The molecule has 116 valence electrons. The molecular weight excluding hydrogens is 280 g/mol. The van der Waals surface area contributed by atoms with Crippen molar-refractivity contribution in [2.24, 2.45) is 11.8 Å². The Morgan fingerprint density at radius 1 is 1.38 bits per heavy atom. The summed E-state index contributed by atoms with van der Waals surface area (Å²) in [4.78, 5) is 13.2. The third kappa shape index (κ3) is 4.16. The quantitative estimate of drug-likeness (QED) is 0.660. The van der Waals surface area contributed by atoms with Crippen LogP contribution >= 0.6 is 11.8 Å². The van der Waals surface area contributed by atoms with Gasteiger partial charge in [-0.15, -0.1) is 11.8 Å². The Bertz CT molecular complexity index is 504. The number of amides is 1. The van der Waals surface area contributed by atoms with Crippen molar-refractivity contribution in [2.75, 3.05) is 11.5 Å². The summed E-state index contributed by atoms with van der Waals surface area (Å²) in [5.41, 5.74) is 7.89. The molecular formula is C17H26N2OS. The molecule has 0 saturated heterocycles. The van der Waals surface area contributed by atoms with Gasteiger partial charge in [0, 0.05) is 16.6 Å². The number of carbonyl (C=O) groups excluding carboxylic acids is 1. The summed E-state index contributed by atoms with van der Waals surface area (Å²) in [5.74, 6) is 1.82. The number of para-hydroxylation sites is 1. The maximum Gasteiger partial charge on any atom is 0.230 e. The summed E-state index contributed by atoms with van der Waals surface area (Å²) in [6, 6.07) is 6.28. The molecule has 0 heterocycles. The Balaban J connectivity index is 1.86. The fourth-order valence-corrected chi connectivity index (χ4v) is 3.82. The van der Waals surface area contributed by atoms with E-state index in [0.29, 0.717) is 23.6 Å². The lowest BCUT2D eigenvalue weighted by Gasteiger charge is -2.34. The maximum atomic E-state index is 12.2. The van der Waals surface area contributed by atoms with Crippen molar-refractivity contribution in [3.63, 3.8) is 0 Å². The van der Waals surface area contributed by atoms with E-state index in [-0.39, 0.29) is 5.91 Å². The first-order valence-corrected chi connectivity index (χ1v) is 8.75. The molecule has 3 N–H and O–H groups in total. The van der Waals surface area contributed by atoms with Crippen molar-refractivity contribution in [3.8, 4) is 0 Å². The van der Waals surface area contributed by atoms with E-state index in [0.717, 1.165) is 22.6 Å². The highest BCUT2D eigenvalue weighted by molar-refractivity contribution is 8.00. The van der Waals surface area contributed by atoms with Crippen molar-refractivity contribution in [2.45, 2.75) is 51.0 Å². The van der Waals surface area contributed by atoms with E-state index in [1.165, 1.54) is 24.6 Å². The van der Waals surface area contributed by atoms with E-state index < -0.39 is 0 Å². The van der Waals surface area contributed by atoms with Gasteiger partial charge in [-0.1, -0.05) is 38.8 Å². The Labute approximate surface area is 132 Å². The molecule has 1 aliphatic carbocycles. The SMILES string of the molecule is Cc1cccc(SCC(=O)NC2CCCC(C)C2C)c1N. The first-order chi connectivity index (χ1) is 9.99. The summed E-state index contributed by atoms with van der Waals surface area (Å²) in [7, 11) is 0. The second-order valence-electron chi connectivity index (χ2n) is 6.22. The number of nitrogens with one attached hydrogen (secondary N) is 1. The zero-order valence-corrected chi connectivity index (χ0v) is 14.0. The predicted octanol–water partition coefficient (Wildman–Crippen LogP) is 3.61. The largest absolute Gasteiger partial charge is 0.398 e. The number of hydrogen-bond donors (Lipinski definition) is 2. The van der Waals surface area contributed by atoms with Gasteiger partial charge in [0.25, 0.3) is 0 Å². The van der Waals surface area contributed by atoms with Crippen LogP contribution in [0.5, 0.6) is 0 Å². The molecule has 0 aromatic heterocycles. The van der Waals surface area contributed by atoms with Gasteiger partial charge < -0.3 is 11.1 Å². The molecule has 3 unspecified atom stereocenters. The Morgan fingerprint density at radius 3 is 2.90 bits per heavy atom. The summed E-state index contributed by atoms with van der Waals surface area (Å²) in [6.45, 7) is 6.52. The van der Waals surface area contributed by atoms with Crippen LogP contribution in [0.4, 0.5) is 5.69 Å². The zero-order valence-electron chi connectivity index (χ0n) is 13.2. The van der Waals surface area contributed by atoms with Crippen LogP contribution in [-0.2, 0) is 4.79 Å².